The summed E-state index contributed by atoms with van der Waals surface area (Å²) >= 11 is 1.47. The van der Waals surface area contributed by atoms with Gasteiger partial charge in [0.25, 0.3) is 0 Å². The first kappa shape index (κ1) is 17.6. The zero-order valence-electron chi connectivity index (χ0n) is 12.5. The number of aryl methyl sites for hydroxylation is 1. The molecule has 0 bridgehead atoms. The Morgan fingerprint density at radius 1 is 1.40 bits per heavy atom. The van der Waals surface area contributed by atoms with Crippen LogP contribution in [0.5, 0.6) is 0 Å². The molecule has 0 aliphatic rings. The molecule has 0 aliphatic carbocycles. The molecule has 2 N–H and O–H groups in total. The van der Waals surface area contributed by atoms with Crippen LogP contribution >= 0.6 is 11.3 Å². The molecule has 1 aromatic heterocycles. The Hall–Kier alpha value is -0.470. The molecule has 0 fully saturated rings. The summed E-state index contributed by atoms with van der Waals surface area (Å²) in [5, 5.41) is 5.05. The summed E-state index contributed by atoms with van der Waals surface area (Å²) in [5.41, 5.74) is 0.792. The van der Waals surface area contributed by atoms with Gasteiger partial charge in [-0.05, 0) is 38.3 Å². The van der Waals surface area contributed by atoms with Crippen molar-refractivity contribution in [1.82, 2.24) is 10.0 Å². The van der Waals surface area contributed by atoms with E-state index in [1.54, 1.807) is 0 Å². The largest absolute Gasteiger partial charge is 0.377 e. The molecule has 1 rings (SSSR count). The highest BCUT2D eigenvalue weighted by Crippen LogP contribution is 2.26. The fraction of sp³-hybridized carbons (Fsp3) is 0.692. The summed E-state index contributed by atoms with van der Waals surface area (Å²) in [6, 6.07) is 0. The van der Waals surface area contributed by atoms with Gasteiger partial charge >= 0.3 is 0 Å². The lowest BCUT2D eigenvalue weighted by Gasteiger charge is -2.11. The molecule has 1 heterocycles. The molecule has 0 spiro atoms. The van der Waals surface area contributed by atoms with Crippen molar-refractivity contribution in [2.75, 3.05) is 19.7 Å². The van der Waals surface area contributed by atoms with Crippen molar-refractivity contribution in [3.05, 3.63) is 15.8 Å². The Kier molecular flexibility index (Phi) is 7.11. The van der Waals surface area contributed by atoms with Crippen molar-refractivity contribution in [2.24, 2.45) is 0 Å². The summed E-state index contributed by atoms with van der Waals surface area (Å²) in [6.45, 7) is 9.72. The van der Waals surface area contributed by atoms with Crippen molar-refractivity contribution >= 4 is 21.4 Å². The summed E-state index contributed by atoms with van der Waals surface area (Å²) in [6.07, 6.45) is 0.103. The maximum Gasteiger partial charge on any atom is 0.242 e. The van der Waals surface area contributed by atoms with E-state index >= 15 is 0 Å². The zero-order chi connectivity index (χ0) is 15.2. The normalized spacial score (nSPS) is 12.2. The lowest BCUT2D eigenvalue weighted by Crippen LogP contribution is -2.29. The van der Waals surface area contributed by atoms with E-state index in [4.69, 9.17) is 4.74 Å². The molecule has 20 heavy (non-hydrogen) atoms. The lowest BCUT2D eigenvalue weighted by atomic mass is 10.3. The standard InChI is InChI=1S/C13H24N2O3S2/c1-5-14-8-12-13(11(4)9-19-12)20(16,17)15-6-7-18-10(2)3/h9-10,14-15H,5-8H2,1-4H3. The van der Waals surface area contributed by atoms with Gasteiger partial charge in [0, 0.05) is 18.0 Å². The quantitative estimate of drug-likeness (QED) is 0.682. The summed E-state index contributed by atoms with van der Waals surface area (Å²) in [7, 11) is -3.47. The van der Waals surface area contributed by atoms with E-state index in [9.17, 15) is 8.42 Å². The minimum absolute atomic E-state index is 0.103. The van der Waals surface area contributed by atoms with Gasteiger partial charge in [-0.2, -0.15) is 0 Å². The molecule has 116 valence electrons. The maximum absolute atomic E-state index is 12.4. The molecule has 0 atom stereocenters. The van der Waals surface area contributed by atoms with E-state index < -0.39 is 10.0 Å². The van der Waals surface area contributed by atoms with Gasteiger partial charge in [0.1, 0.15) is 4.90 Å². The molecule has 0 aliphatic heterocycles. The predicted octanol–water partition coefficient (Wildman–Crippen LogP) is 1.87. The average molecular weight is 320 g/mol. The van der Waals surface area contributed by atoms with Gasteiger partial charge in [0.2, 0.25) is 10.0 Å². The SMILES string of the molecule is CCNCc1scc(C)c1S(=O)(=O)NCCOC(C)C. The van der Waals surface area contributed by atoms with Crippen molar-refractivity contribution in [3.63, 3.8) is 0 Å². The first-order valence-corrected chi connectivity index (χ1v) is 9.13. The van der Waals surface area contributed by atoms with Crippen molar-refractivity contribution in [2.45, 2.75) is 45.2 Å². The van der Waals surface area contributed by atoms with Crippen molar-refractivity contribution in [3.8, 4) is 0 Å². The highest BCUT2D eigenvalue weighted by molar-refractivity contribution is 7.89. The van der Waals surface area contributed by atoms with Crippen LogP contribution < -0.4 is 10.0 Å². The molecule has 0 saturated heterocycles. The van der Waals surface area contributed by atoms with Gasteiger partial charge in [-0.1, -0.05) is 6.92 Å². The van der Waals surface area contributed by atoms with Gasteiger partial charge < -0.3 is 10.1 Å². The smallest absolute Gasteiger partial charge is 0.242 e. The Morgan fingerprint density at radius 3 is 2.70 bits per heavy atom. The molecule has 0 radical (unpaired) electrons. The van der Waals surface area contributed by atoms with Crippen LogP contribution in [0.1, 0.15) is 31.2 Å². The number of rotatable bonds is 9. The number of thiophene rings is 1. The highest BCUT2D eigenvalue weighted by Gasteiger charge is 2.22. The van der Waals surface area contributed by atoms with Crippen LogP contribution in [-0.4, -0.2) is 34.2 Å². The molecule has 5 nitrogen and oxygen atoms in total. The summed E-state index contributed by atoms with van der Waals surface area (Å²) in [5.74, 6) is 0. The second-order valence-corrected chi connectivity index (χ2v) is 7.44. The second kappa shape index (κ2) is 8.09. The summed E-state index contributed by atoms with van der Waals surface area (Å²) in [4.78, 5) is 1.26. The van der Waals surface area contributed by atoms with Gasteiger partial charge in [0.05, 0.1) is 12.7 Å². The van der Waals surface area contributed by atoms with Gasteiger partial charge in [-0.15, -0.1) is 11.3 Å². The van der Waals surface area contributed by atoms with Crippen LogP contribution in [-0.2, 0) is 21.3 Å². The third-order valence-electron chi connectivity index (χ3n) is 2.64. The average Bonchev–Trinajstić information content (AvgIpc) is 2.74. The first-order valence-electron chi connectivity index (χ1n) is 6.77. The molecule has 0 saturated carbocycles. The Labute approximate surface area is 125 Å². The van der Waals surface area contributed by atoms with Crippen molar-refractivity contribution < 1.29 is 13.2 Å². The third kappa shape index (κ3) is 5.14. The van der Waals surface area contributed by atoms with Gasteiger partial charge in [-0.3, -0.25) is 0 Å². The fourth-order valence-electron chi connectivity index (χ4n) is 1.75. The van der Waals surface area contributed by atoms with Crippen LogP contribution in [0.4, 0.5) is 0 Å². The fourth-order valence-corrected chi connectivity index (χ4v) is 4.54. The minimum Gasteiger partial charge on any atom is -0.377 e. The Balaban J connectivity index is 2.73. The number of sulfonamides is 1. The van der Waals surface area contributed by atoms with Crippen LogP contribution in [0, 0.1) is 6.92 Å². The molecule has 0 amide bonds. The molecular formula is C13H24N2O3S2. The predicted molar refractivity (Wildman–Crippen MR) is 82.7 cm³/mol. The summed E-state index contributed by atoms with van der Waals surface area (Å²) < 4.78 is 32.7. The molecule has 0 aromatic carbocycles. The van der Waals surface area contributed by atoms with Gasteiger partial charge in [0.15, 0.2) is 0 Å². The van der Waals surface area contributed by atoms with Crippen LogP contribution in [0.15, 0.2) is 10.3 Å². The number of hydrogen-bond donors (Lipinski definition) is 2. The molecule has 1 aromatic rings. The highest BCUT2D eigenvalue weighted by atomic mass is 32.2. The number of ether oxygens (including phenoxy) is 1. The van der Waals surface area contributed by atoms with E-state index in [1.165, 1.54) is 11.3 Å². The Morgan fingerprint density at radius 2 is 2.10 bits per heavy atom. The van der Waals surface area contributed by atoms with Crippen LogP contribution in [0.3, 0.4) is 0 Å². The number of hydrogen-bond acceptors (Lipinski definition) is 5. The lowest BCUT2D eigenvalue weighted by molar-refractivity contribution is 0.0834. The third-order valence-corrected chi connectivity index (χ3v) is 5.56. The minimum atomic E-state index is -3.47. The topological polar surface area (TPSA) is 67.4 Å². The first-order chi connectivity index (χ1) is 9.38. The van der Waals surface area contributed by atoms with E-state index in [1.807, 2.05) is 33.1 Å². The van der Waals surface area contributed by atoms with E-state index in [0.29, 0.717) is 18.0 Å². The van der Waals surface area contributed by atoms with Crippen LogP contribution in [0.25, 0.3) is 0 Å². The maximum atomic E-state index is 12.4. The van der Waals surface area contributed by atoms with Crippen LogP contribution in [0.2, 0.25) is 0 Å². The number of nitrogens with one attached hydrogen (secondary N) is 2. The van der Waals surface area contributed by atoms with E-state index in [-0.39, 0.29) is 12.6 Å². The second-order valence-electron chi connectivity index (χ2n) is 4.77. The Bertz CT molecular complexity index is 510. The zero-order valence-corrected chi connectivity index (χ0v) is 14.2. The molecular weight excluding hydrogens is 296 g/mol. The monoisotopic (exact) mass is 320 g/mol. The van der Waals surface area contributed by atoms with Gasteiger partial charge in [-0.25, -0.2) is 13.1 Å². The van der Waals surface area contributed by atoms with E-state index in [2.05, 4.69) is 10.0 Å². The van der Waals surface area contributed by atoms with Crippen molar-refractivity contribution in [1.29, 1.82) is 0 Å². The van der Waals surface area contributed by atoms with E-state index in [0.717, 1.165) is 17.0 Å². The molecule has 0 unspecified atom stereocenters. The molecule has 7 heteroatoms.